The minimum Gasteiger partial charge on any atom is -0.370 e. The number of thioether (sulfide) groups is 1. The number of hydrogen-bond donors (Lipinski definition) is 0. The van der Waals surface area contributed by atoms with Crippen molar-refractivity contribution < 1.29 is 0 Å². The lowest BCUT2D eigenvalue weighted by Gasteiger charge is -2.27. The molecular formula is C13H18N2S. The summed E-state index contributed by atoms with van der Waals surface area (Å²) in [4.78, 5) is 2.18. The first-order valence-corrected chi connectivity index (χ1v) is 6.72. The molecule has 0 amide bonds. The molecule has 16 heavy (non-hydrogen) atoms. The van der Waals surface area contributed by atoms with Crippen molar-refractivity contribution in [2.45, 2.75) is 19.9 Å². The number of aryl methyl sites for hydroxylation is 1. The van der Waals surface area contributed by atoms with Gasteiger partial charge >= 0.3 is 0 Å². The van der Waals surface area contributed by atoms with Gasteiger partial charge in [-0.1, -0.05) is 6.07 Å². The van der Waals surface area contributed by atoms with Gasteiger partial charge in [0, 0.05) is 18.8 Å². The Morgan fingerprint density at radius 2 is 2.19 bits per heavy atom. The lowest BCUT2D eigenvalue weighted by Crippen LogP contribution is -2.31. The molecule has 0 aliphatic heterocycles. The third-order valence-electron chi connectivity index (χ3n) is 2.72. The zero-order chi connectivity index (χ0) is 12.1. The quantitative estimate of drug-likeness (QED) is 0.801. The summed E-state index contributed by atoms with van der Waals surface area (Å²) in [6, 6.07) is 8.64. The zero-order valence-electron chi connectivity index (χ0n) is 10.3. The van der Waals surface area contributed by atoms with Crippen LogP contribution in [0.5, 0.6) is 0 Å². The Hall–Kier alpha value is -1.14. The molecule has 2 nitrogen and oxygen atoms in total. The van der Waals surface area contributed by atoms with Gasteiger partial charge < -0.3 is 4.90 Å². The minimum atomic E-state index is 0.434. The van der Waals surface area contributed by atoms with E-state index in [1.54, 1.807) is 0 Å². The fourth-order valence-electron chi connectivity index (χ4n) is 1.62. The molecule has 0 heterocycles. The second-order valence-electron chi connectivity index (χ2n) is 4.05. The molecule has 3 heteroatoms. The second-order valence-corrected chi connectivity index (χ2v) is 4.96. The van der Waals surface area contributed by atoms with Crippen molar-refractivity contribution in [1.82, 2.24) is 0 Å². The number of nitrogens with zero attached hydrogens (tertiary/aromatic N) is 2. The molecule has 0 bridgehead atoms. The van der Waals surface area contributed by atoms with Gasteiger partial charge in [0.2, 0.25) is 0 Å². The van der Waals surface area contributed by atoms with Crippen molar-refractivity contribution in [3.05, 3.63) is 29.3 Å². The van der Waals surface area contributed by atoms with E-state index >= 15 is 0 Å². The topological polar surface area (TPSA) is 27.0 Å². The average Bonchev–Trinajstić information content (AvgIpc) is 2.28. The van der Waals surface area contributed by atoms with Gasteiger partial charge in [0.05, 0.1) is 11.3 Å². The molecule has 1 unspecified atom stereocenters. The molecule has 0 aromatic heterocycles. The van der Waals surface area contributed by atoms with Crippen LogP contribution in [-0.4, -0.2) is 25.1 Å². The highest BCUT2D eigenvalue weighted by Crippen LogP contribution is 2.23. The normalized spacial score (nSPS) is 11.9. The molecule has 1 aromatic rings. The average molecular weight is 234 g/mol. The van der Waals surface area contributed by atoms with Gasteiger partial charge in [0.15, 0.2) is 0 Å². The largest absolute Gasteiger partial charge is 0.370 e. The fourth-order valence-corrected chi connectivity index (χ4v) is 2.32. The summed E-state index contributed by atoms with van der Waals surface area (Å²) in [7, 11) is 2.05. The van der Waals surface area contributed by atoms with Crippen molar-refractivity contribution in [2.75, 3.05) is 24.0 Å². The van der Waals surface area contributed by atoms with Gasteiger partial charge in [-0.15, -0.1) is 0 Å². The Balaban J connectivity index is 3.02. The zero-order valence-corrected chi connectivity index (χ0v) is 11.1. The lowest BCUT2D eigenvalue weighted by atomic mass is 10.1. The third kappa shape index (κ3) is 2.93. The van der Waals surface area contributed by atoms with Gasteiger partial charge in [0.25, 0.3) is 0 Å². The standard InChI is InChI=1S/C13H18N2S/c1-10-5-6-12(8-14)13(7-10)15(3)11(2)9-16-4/h5-7,11H,9H2,1-4H3. The van der Waals surface area contributed by atoms with E-state index < -0.39 is 0 Å². The van der Waals surface area contributed by atoms with E-state index in [4.69, 9.17) is 5.26 Å². The first-order valence-electron chi connectivity index (χ1n) is 5.32. The van der Waals surface area contributed by atoms with Crippen LogP contribution in [0.2, 0.25) is 0 Å². The van der Waals surface area contributed by atoms with E-state index in [0.717, 1.165) is 17.0 Å². The molecule has 0 fully saturated rings. The highest BCUT2D eigenvalue weighted by Gasteiger charge is 2.13. The Labute approximate surface area is 102 Å². The predicted molar refractivity (Wildman–Crippen MR) is 72.1 cm³/mol. The van der Waals surface area contributed by atoms with E-state index in [0.29, 0.717) is 6.04 Å². The van der Waals surface area contributed by atoms with Gasteiger partial charge in [-0.25, -0.2) is 0 Å². The fraction of sp³-hybridized carbons (Fsp3) is 0.462. The van der Waals surface area contributed by atoms with Crippen LogP contribution in [-0.2, 0) is 0 Å². The predicted octanol–water partition coefficient (Wildman–Crippen LogP) is 3.05. The highest BCUT2D eigenvalue weighted by molar-refractivity contribution is 7.98. The van der Waals surface area contributed by atoms with Gasteiger partial charge in [-0.2, -0.15) is 17.0 Å². The van der Waals surface area contributed by atoms with Crippen LogP contribution in [0.3, 0.4) is 0 Å². The van der Waals surface area contributed by atoms with Crippen molar-refractivity contribution in [1.29, 1.82) is 5.26 Å². The van der Waals surface area contributed by atoms with Gasteiger partial charge in [-0.05, 0) is 37.8 Å². The molecule has 0 spiro atoms. The molecule has 1 aromatic carbocycles. The Bertz CT molecular complexity index is 395. The molecule has 0 saturated heterocycles. The molecule has 1 rings (SSSR count). The number of nitriles is 1. The highest BCUT2D eigenvalue weighted by atomic mass is 32.2. The number of hydrogen-bond acceptors (Lipinski definition) is 3. The monoisotopic (exact) mass is 234 g/mol. The van der Waals surface area contributed by atoms with Crippen molar-refractivity contribution in [2.24, 2.45) is 0 Å². The molecule has 0 aliphatic carbocycles. The summed E-state index contributed by atoms with van der Waals surface area (Å²) in [6.45, 7) is 4.23. The van der Waals surface area contributed by atoms with Crippen LogP contribution in [0.1, 0.15) is 18.1 Å². The minimum absolute atomic E-state index is 0.434. The SMILES string of the molecule is CSCC(C)N(C)c1cc(C)ccc1C#N. The molecule has 0 radical (unpaired) electrons. The maximum atomic E-state index is 9.09. The van der Waals surface area contributed by atoms with Crippen LogP contribution in [0.4, 0.5) is 5.69 Å². The second kappa shape index (κ2) is 5.81. The van der Waals surface area contributed by atoms with Crippen LogP contribution >= 0.6 is 11.8 Å². The molecule has 0 aliphatic rings. The summed E-state index contributed by atoms with van der Waals surface area (Å²) in [6.07, 6.45) is 2.10. The van der Waals surface area contributed by atoms with Gasteiger partial charge in [-0.3, -0.25) is 0 Å². The van der Waals surface area contributed by atoms with E-state index in [1.165, 1.54) is 5.56 Å². The smallest absolute Gasteiger partial charge is 0.101 e. The molecule has 1 atom stereocenters. The van der Waals surface area contributed by atoms with E-state index in [1.807, 2.05) is 23.9 Å². The number of rotatable bonds is 4. The summed E-state index contributed by atoms with van der Waals surface area (Å²) in [5, 5.41) is 9.09. The van der Waals surface area contributed by atoms with Crippen LogP contribution < -0.4 is 4.90 Å². The van der Waals surface area contributed by atoms with Crippen LogP contribution in [0.25, 0.3) is 0 Å². The Morgan fingerprint density at radius 1 is 1.50 bits per heavy atom. The Kier molecular flexibility index (Phi) is 4.70. The summed E-state index contributed by atoms with van der Waals surface area (Å²) in [5.74, 6) is 1.06. The van der Waals surface area contributed by atoms with E-state index in [2.05, 4.69) is 44.2 Å². The third-order valence-corrected chi connectivity index (χ3v) is 3.54. The van der Waals surface area contributed by atoms with Crippen LogP contribution in [0, 0.1) is 18.3 Å². The molecular weight excluding hydrogens is 216 g/mol. The lowest BCUT2D eigenvalue weighted by molar-refractivity contribution is 0.764. The van der Waals surface area contributed by atoms with E-state index in [-0.39, 0.29) is 0 Å². The maximum Gasteiger partial charge on any atom is 0.101 e. The van der Waals surface area contributed by atoms with Crippen LogP contribution in [0.15, 0.2) is 18.2 Å². The number of benzene rings is 1. The first kappa shape index (κ1) is 12.9. The maximum absolute atomic E-state index is 9.09. The Morgan fingerprint density at radius 3 is 2.75 bits per heavy atom. The molecule has 0 saturated carbocycles. The van der Waals surface area contributed by atoms with E-state index in [9.17, 15) is 0 Å². The first-order chi connectivity index (χ1) is 7.60. The van der Waals surface area contributed by atoms with Crippen molar-refractivity contribution in [3.8, 4) is 6.07 Å². The molecule has 0 N–H and O–H groups in total. The molecule has 86 valence electrons. The summed E-state index contributed by atoms with van der Waals surface area (Å²) in [5.41, 5.74) is 2.97. The summed E-state index contributed by atoms with van der Waals surface area (Å²) >= 11 is 1.83. The van der Waals surface area contributed by atoms with Crippen molar-refractivity contribution >= 4 is 17.4 Å². The summed E-state index contributed by atoms with van der Waals surface area (Å²) < 4.78 is 0. The number of anilines is 1. The van der Waals surface area contributed by atoms with Crippen molar-refractivity contribution in [3.63, 3.8) is 0 Å². The van der Waals surface area contributed by atoms with Gasteiger partial charge in [0.1, 0.15) is 6.07 Å².